The van der Waals surface area contributed by atoms with Crippen LogP contribution in [0.2, 0.25) is 0 Å². The van der Waals surface area contributed by atoms with E-state index in [4.69, 9.17) is 0 Å². The number of Topliss-reactive ketones (excluding diaryl/α,β-unsaturated/α-hetero) is 1. The minimum atomic E-state index is -0.581. The van der Waals surface area contributed by atoms with Crippen LogP contribution in [0, 0.1) is 0 Å². The number of rotatable bonds is 1. The van der Waals surface area contributed by atoms with E-state index in [1.54, 1.807) is 11.3 Å². The number of hydrogen-bond donors (Lipinski definition) is 1. The molecule has 2 atom stereocenters. The van der Waals surface area contributed by atoms with E-state index in [-0.39, 0.29) is 11.8 Å². The van der Waals surface area contributed by atoms with Gasteiger partial charge in [-0.25, -0.2) is 4.79 Å². The summed E-state index contributed by atoms with van der Waals surface area (Å²) in [6.07, 6.45) is 0. The van der Waals surface area contributed by atoms with Gasteiger partial charge >= 0.3 is 6.03 Å². The average molecular weight is 288 g/mol. The molecular formula is C14H12N2O3S. The van der Waals surface area contributed by atoms with E-state index in [9.17, 15) is 14.8 Å². The molecule has 3 heterocycles. The van der Waals surface area contributed by atoms with E-state index >= 15 is 0 Å². The van der Waals surface area contributed by atoms with Crippen molar-refractivity contribution < 1.29 is 14.8 Å². The number of nitrogens with zero attached hydrogens (tertiary/aromatic N) is 2. The molecule has 1 aromatic heterocycles. The van der Waals surface area contributed by atoms with Gasteiger partial charge in [-0.05, 0) is 18.4 Å². The maximum atomic E-state index is 12.1. The summed E-state index contributed by atoms with van der Waals surface area (Å²) in [6.45, 7) is 1.87. The van der Waals surface area contributed by atoms with Gasteiger partial charge in [0.05, 0.1) is 6.54 Å². The summed E-state index contributed by atoms with van der Waals surface area (Å²) in [5, 5.41) is 11.7. The van der Waals surface area contributed by atoms with Crippen molar-refractivity contribution in [3.63, 3.8) is 0 Å². The Morgan fingerprint density at radius 2 is 2.15 bits per heavy atom. The molecule has 0 spiro atoms. The van der Waals surface area contributed by atoms with Crippen LogP contribution in [0.15, 0.2) is 24.3 Å². The molecule has 0 aliphatic carbocycles. The second kappa shape index (κ2) is 3.80. The van der Waals surface area contributed by atoms with Gasteiger partial charge in [-0.2, -0.15) is 5.06 Å². The maximum absolute atomic E-state index is 12.1. The smallest absolute Gasteiger partial charge is 0.306 e. The van der Waals surface area contributed by atoms with Crippen molar-refractivity contribution in [2.45, 2.75) is 19.0 Å². The number of urea groups is 1. The Kier molecular flexibility index (Phi) is 2.26. The van der Waals surface area contributed by atoms with Gasteiger partial charge in [-0.3, -0.25) is 10.0 Å². The van der Waals surface area contributed by atoms with Crippen LogP contribution in [0.4, 0.5) is 4.79 Å². The number of benzene rings is 1. The Hall–Kier alpha value is -1.92. The van der Waals surface area contributed by atoms with Crippen molar-refractivity contribution in [2.24, 2.45) is 0 Å². The van der Waals surface area contributed by atoms with Crippen LogP contribution in [0.3, 0.4) is 0 Å². The highest BCUT2D eigenvalue weighted by Crippen LogP contribution is 2.49. The summed E-state index contributed by atoms with van der Waals surface area (Å²) in [7, 11) is 0. The molecule has 6 heteroatoms. The SMILES string of the molecule is CC(=O)[C@@H]1c2c(sc3ccccc23)C2CN1C(=O)N2O. The third-order valence-electron chi connectivity index (χ3n) is 4.04. The number of thiophene rings is 1. The molecule has 1 aromatic carbocycles. The Balaban J connectivity index is 2.05. The lowest BCUT2D eigenvalue weighted by atomic mass is 9.93. The summed E-state index contributed by atoms with van der Waals surface area (Å²) in [4.78, 5) is 26.5. The molecule has 1 N–H and O–H groups in total. The number of hydroxylamine groups is 2. The Bertz CT molecular complexity index is 754. The zero-order valence-electron chi connectivity index (χ0n) is 10.7. The molecule has 20 heavy (non-hydrogen) atoms. The number of amides is 2. The molecule has 2 aliphatic rings. The highest BCUT2D eigenvalue weighted by atomic mass is 32.1. The topological polar surface area (TPSA) is 60.9 Å². The first kappa shape index (κ1) is 11.9. The van der Waals surface area contributed by atoms with Crippen molar-refractivity contribution in [1.82, 2.24) is 9.96 Å². The Labute approximate surface area is 119 Å². The van der Waals surface area contributed by atoms with Gasteiger partial charge < -0.3 is 4.90 Å². The zero-order valence-corrected chi connectivity index (χ0v) is 11.6. The van der Waals surface area contributed by atoms with Crippen molar-refractivity contribution in [1.29, 1.82) is 0 Å². The molecule has 2 amide bonds. The third kappa shape index (κ3) is 1.30. The molecule has 1 fully saturated rings. The molecule has 1 unspecified atom stereocenters. The van der Waals surface area contributed by atoms with E-state index < -0.39 is 12.1 Å². The molecule has 2 bridgehead atoms. The maximum Gasteiger partial charge on any atom is 0.345 e. The quantitative estimate of drug-likeness (QED) is 0.821. The number of carbonyl (C=O) groups excluding carboxylic acids is 2. The van der Waals surface area contributed by atoms with Gasteiger partial charge in [0.25, 0.3) is 0 Å². The number of hydrogen-bond acceptors (Lipinski definition) is 4. The largest absolute Gasteiger partial charge is 0.345 e. The normalized spacial score (nSPS) is 24.4. The predicted octanol–water partition coefficient (Wildman–Crippen LogP) is 2.71. The van der Waals surface area contributed by atoms with Gasteiger partial charge in [0, 0.05) is 15.1 Å². The lowest BCUT2D eigenvalue weighted by Gasteiger charge is -2.29. The fraction of sp³-hybridized carbons (Fsp3) is 0.286. The number of ketones is 1. The molecule has 2 aromatic rings. The highest BCUT2D eigenvalue weighted by molar-refractivity contribution is 7.19. The van der Waals surface area contributed by atoms with Gasteiger partial charge in [0.1, 0.15) is 12.1 Å². The van der Waals surface area contributed by atoms with Gasteiger partial charge in [-0.15, -0.1) is 11.3 Å². The molecule has 0 saturated carbocycles. The zero-order chi connectivity index (χ0) is 14.0. The first-order valence-electron chi connectivity index (χ1n) is 6.40. The summed E-state index contributed by atoms with van der Waals surface area (Å²) in [5.74, 6) is -0.0723. The second-order valence-corrected chi connectivity index (χ2v) is 6.27. The van der Waals surface area contributed by atoms with Crippen LogP contribution in [-0.4, -0.2) is 33.5 Å². The summed E-state index contributed by atoms with van der Waals surface area (Å²) >= 11 is 1.55. The number of fused-ring (bicyclic) bond motifs is 6. The van der Waals surface area contributed by atoms with Crippen LogP contribution in [0.1, 0.15) is 29.4 Å². The fourth-order valence-electron chi connectivity index (χ4n) is 3.21. The summed E-state index contributed by atoms with van der Waals surface area (Å²) in [6, 6.07) is 6.43. The molecular weight excluding hydrogens is 276 g/mol. The van der Waals surface area contributed by atoms with Crippen LogP contribution >= 0.6 is 11.3 Å². The van der Waals surface area contributed by atoms with Crippen molar-refractivity contribution in [3.05, 3.63) is 34.7 Å². The van der Waals surface area contributed by atoms with Crippen LogP contribution in [0.25, 0.3) is 10.1 Å². The Morgan fingerprint density at radius 1 is 1.40 bits per heavy atom. The molecule has 2 aliphatic heterocycles. The van der Waals surface area contributed by atoms with Gasteiger partial charge in [0.2, 0.25) is 0 Å². The lowest BCUT2D eigenvalue weighted by Crippen LogP contribution is -2.37. The predicted molar refractivity (Wildman–Crippen MR) is 73.7 cm³/mol. The summed E-state index contributed by atoms with van der Waals surface area (Å²) in [5.41, 5.74) is 0.888. The van der Waals surface area contributed by atoms with Crippen molar-refractivity contribution >= 4 is 33.2 Å². The van der Waals surface area contributed by atoms with E-state index in [2.05, 4.69) is 0 Å². The molecule has 5 nitrogen and oxygen atoms in total. The standard InChI is InChI=1S/C14H12N2O3S/c1-7(17)12-11-8-4-2-3-5-10(8)20-13(11)9-6-15(12)14(18)16(9)19/h2-5,9,12,19H,6H2,1H3/t9?,12-/m1/s1. The van der Waals surface area contributed by atoms with Crippen LogP contribution in [0.5, 0.6) is 0 Å². The Morgan fingerprint density at radius 3 is 2.90 bits per heavy atom. The molecule has 102 valence electrons. The van der Waals surface area contributed by atoms with Crippen molar-refractivity contribution in [3.8, 4) is 0 Å². The highest BCUT2D eigenvalue weighted by Gasteiger charge is 2.50. The number of carbonyl (C=O) groups is 2. The minimum absolute atomic E-state index is 0.0723. The van der Waals surface area contributed by atoms with E-state index in [1.165, 1.54) is 11.8 Å². The minimum Gasteiger partial charge on any atom is -0.306 e. The van der Waals surface area contributed by atoms with Gasteiger partial charge in [0.15, 0.2) is 5.78 Å². The lowest BCUT2D eigenvalue weighted by molar-refractivity contribution is -0.121. The fourth-order valence-corrected chi connectivity index (χ4v) is 4.52. The van der Waals surface area contributed by atoms with Crippen LogP contribution < -0.4 is 0 Å². The molecule has 0 radical (unpaired) electrons. The first-order valence-corrected chi connectivity index (χ1v) is 7.21. The first-order chi connectivity index (χ1) is 9.59. The monoisotopic (exact) mass is 288 g/mol. The van der Waals surface area contributed by atoms with E-state index in [1.807, 2.05) is 24.3 Å². The summed E-state index contributed by atoms with van der Waals surface area (Å²) < 4.78 is 1.08. The molecule has 4 rings (SSSR count). The second-order valence-electron chi connectivity index (χ2n) is 5.18. The van der Waals surface area contributed by atoms with Gasteiger partial charge in [-0.1, -0.05) is 18.2 Å². The average Bonchev–Trinajstić information content (AvgIpc) is 2.93. The van der Waals surface area contributed by atoms with Crippen LogP contribution in [-0.2, 0) is 4.79 Å². The third-order valence-corrected chi connectivity index (χ3v) is 5.33. The van der Waals surface area contributed by atoms with E-state index in [0.717, 1.165) is 25.6 Å². The van der Waals surface area contributed by atoms with E-state index in [0.29, 0.717) is 6.54 Å². The molecule has 1 saturated heterocycles. The van der Waals surface area contributed by atoms with Crippen molar-refractivity contribution in [2.75, 3.05) is 6.54 Å².